The maximum atomic E-state index is 3.63. The highest BCUT2D eigenvalue weighted by atomic mass is 32.1. The van der Waals surface area contributed by atoms with Crippen molar-refractivity contribution in [3.63, 3.8) is 0 Å². The number of nitrogens with one attached hydrogen (secondary N) is 1. The Labute approximate surface area is 125 Å². The molecule has 0 unspecified atom stereocenters. The molecule has 0 amide bonds. The van der Waals surface area contributed by atoms with Crippen LogP contribution in [0.1, 0.15) is 5.56 Å². The monoisotopic (exact) mass is 287 g/mol. The van der Waals surface area contributed by atoms with Crippen LogP contribution in [0.25, 0.3) is 42.0 Å². The molecule has 0 saturated heterocycles. The van der Waals surface area contributed by atoms with E-state index in [1.54, 1.807) is 0 Å². The summed E-state index contributed by atoms with van der Waals surface area (Å²) in [5.74, 6) is 0. The zero-order valence-corrected chi connectivity index (χ0v) is 12.4. The predicted octanol–water partition coefficient (Wildman–Crippen LogP) is 6.00. The maximum absolute atomic E-state index is 3.63. The van der Waals surface area contributed by atoms with Crippen molar-refractivity contribution in [3.05, 3.63) is 60.2 Å². The van der Waals surface area contributed by atoms with Gasteiger partial charge in [0.25, 0.3) is 0 Å². The second-order valence-corrected chi connectivity index (χ2v) is 6.72. The van der Waals surface area contributed by atoms with E-state index < -0.39 is 0 Å². The van der Waals surface area contributed by atoms with Gasteiger partial charge in [0.1, 0.15) is 0 Å². The summed E-state index contributed by atoms with van der Waals surface area (Å²) in [6.07, 6.45) is 0. The summed E-state index contributed by atoms with van der Waals surface area (Å²) < 4.78 is 2.71. The summed E-state index contributed by atoms with van der Waals surface area (Å²) in [4.78, 5) is 3.63. The molecule has 0 aliphatic heterocycles. The Morgan fingerprint density at radius 2 is 1.71 bits per heavy atom. The van der Waals surface area contributed by atoms with Gasteiger partial charge in [0.2, 0.25) is 0 Å². The molecule has 5 rings (SSSR count). The fraction of sp³-hybridized carbons (Fsp3) is 0.0526. The van der Waals surface area contributed by atoms with Gasteiger partial charge in [-0.25, -0.2) is 0 Å². The average Bonchev–Trinajstić information content (AvgIpc) is 3.04. The normalized spacial score (nSPS) is 12.0. The Kier molecular flexibility index (Phi) is 2.09. The average molecular weight is 287 g/mol. The lowest BCUT2D eigenvalue weighted by molar-refractivity contribution is 1.49. The van der Waals surface area contributed by atoms with Gasteiger partial charge in [0.05, 0.1) is 5.52 Å². The maximum Gasteiger partial charge on any atom is 0.0559 e. The molecule has 1 nitrogen and oxygen atoms in total. The number of hydrogen-bond donors (Lipinski definition) is 1. The summed E-state index contributed by atoms with van der Waals surface area (Å²) in [5, 5.41) is 5.36. The molecule has 2 heteroatoms. The molecule has 0 radical (unpaired) electrons. The quantitative estimate of drug-likeness (QED) is 0.359. The number of aromatic amines is 1. The standard InChI is InChI=1S/C19H13NS/c1-11-6-8-15-14(10-11)12-7-9-17-18(19(12)20-15)13-4-2-3-5-16(13)21-17/h2-10,20H,1H3. The van der Waals surface area contributed by atoms with Crippen molar-refractivity contribution in [2.24, 2.45) is 0 Å². The molecule has 1 N–H and O–H groups in total. The molecular weight excluding hydrogens is 274 g/mol. The summed E-state index contributed by atoms with van der Waals surface area (Å²) >= 11 is 1.87. The van der Waals surface area contributed by atoms with Gasteiger partial charge in [-0.3, -0.25) is 0 Å². The first-order valence-corrected chi connectivity index (χ1v) is 7.95. The SMILES string of the molecule is Cc1ccc2[nH]c3c(ccc4sc5ccccc5c43)c2c1. The van der Waals surface area contributed by atoms with Crippen LogP contribution in [0.5, 0.6) is 0 Å². The molecule has 0 atom stereocenters. The number of fused-ring (bicyclic) bond motifs is 7. The van der Waals surface area contributed by atoms with Gasteiger partial charge in [0, 0.05) is 36.5 Å². The van der Waals surface area contributed by atoms with Gasteiger partial charge in [-0.2, -0.15) is 0 Å². The van der Waals surface area contributed by atoms with E-state index in [4.69, 9.17) is 0 Å². The minimum absolute atomic E-state index is 1.22. The van der Waals surface area contributed by atoms with Gasteiger partial charge in [-0.15, -0.1) is 11.3 Å². The van der Waals surface area contributed by atoms with Crippen molar-refractivity contribution in [2.75, 3.05) is 0 Å². The van der Waals surface area contributed by atoms with Crippen LogP contribution in [0, 0.1) is 6.92 Å². The highest BCUT2D eigenvalue weighted by Gasteiger charge is 2.12. The van der Waals surface area contributed by atoms with E-state index in [2.05, 4.69) is 66.5 Å². The van der Waals surface area contributed by atoms with E-state index in [1.165, 1.54) is 47.5 Å². The third-order valence-corrected chi connectivity index (χ3v) is 5.40. The summed E-state index contributed by atoms with van der Waals surface area (Å²) in [6.45, 7) is 2.15. The third-order valence-electron chi connectivity index (χ3n) is 4.27. The van der Waals surface area contributed by atoms with Crippen LogP contribution in [-0.2, 0) is 0 Å². The Morgan fingerprint density at radius 1 is 0.810 bits per heavy atom. The smallest absolute Gasteiger partial charge is 0.0559 e. The second-order valence-electron chi connectivity index (χ2n) is 5.63. The lowest BCUT2D eigenvalue weighted by atomic mass is 10.1. The van der Waals surface area contributed by atoms with Gasteiger partial charge in [-0.1, -0.05) is 35.9 Å². The molecule has 0 bridgehead atoms. The van der Waals surface area contributed by atoms with Crippen LogP contribution < -0.4 is 0 Å². The predicted molar refractivity (Wildman–Crippen MR) is 93.4 cm³/mol. The molecule has 0 aliphatic carbocycles. The van der Waals surface area contributed by atoms with E-state index in [1.807, 2.05) is 11.3 Å². The first-order chi connectivity index (χ1) is 10.3. The molecule has 5 aromatic rings. The molecule has 0 fully saturated rings. The molecule has 2 aromatic heterocycles. The molecule has 0 spiro atoms. The van der Waals surface area contributed by atoms with Crippen molar-refractivity contribution in [1.82, 2.24) is 4.98 Å². The van der Waals surface area contributed by atoms with Crippen molar-refractivity contribution in [2.45, 2.75) is 6.92 Å². The van der Waals surface area contributed by atoms with Gasteiger partial charge in [0.15, 0.2) is 0 Å². The Hall–Kier alpha value is -2.32. The van der Waals surface area contributed by atoms with E-state index in [-0.39, 0.29) is 0 Å². The van der Waals surface area contributed by atoms with Crippen LogP contribution in [0.15, 0.2) is 54.6 Å². The van der Waals surface area contributed by atoms with Crippen LogP contribution in [0.2, 0.25) is 0 Å². The fourth-order valence-corrected chi connectivity index (χ4v) is 4.41. The number of benzene rings is 3. The summed E-state index contributed by atoms with van der Waals surface area (Å²) in [6, 6.07) is 19.8. The van der Waals surface area contributed by atoms with Crippen molar-refractivity contribution >= 4 is 53.3 Å². The summed E-state index contributed by atoms with van der Waals surface area (Å²) in [5.41, 5.74) is 3.79. The van der Waals surface area contributed by atoms with Crippen molar-refractivity contribution in [1.29, 1.82) is 0 Å². The largest absolute Gasteiger partial charge is 0.354 e. The Bertz CT molecular complexity index is 1140. The molecule has 21 heavy (non-hydrogen) atoms. The lowest BCUT2D eigenvalue weighted by Gasteiger charge is -1.95. The van der Waals surface area contributed by atoms with E-state index in [0.29, 0.717) is 0 Å². The molecule has 0 aliphatic rings. The van der Waals surface area contributed by atoms with Crippen LogP contribution in [0.3, 0.4) is 0 Å². The van der Waals surface area contributed by atoms with Gasteiger partial charge in [-0.05, 0) is 31.2 Å². The summed E-state index contributed by atoms with van der Waals surface area (Å²) in [7, 11) is 0. The number of aryl methyl sites for hydroxylation is 1. The topological polar surface area (TPSA) is 15.8 Å². The van der Waals surface area contributed by atoms with Crippen LogP contribution in [-0.4, -0.2) is 4.98 Å². The van der Waals surface area contributed by atoms with E-state index >= 15 is 0 Å². The van der Waals surface area contributed by atoms with E-state index in [0.717, 1.165) is 0 Å². The number of H-pyrrole nitrogens is 1. The zero-order valence-electron chi connectivity index (χ0n) is 11.6. The second kappa shape index (κ2) is 3.86. The molecule has 100 valence electrons. The first kappa shape index (κ1) is 11.4. The number of aromatic nitrogens is 1. The number of thiophene rings is 1. The molecule has 0 saturated carbocycles. The van der Waals surface area contributed by atoms with Gasteiger partial charge < -0.3 is 4.98 Å². The Morgan fingerprint density at radius 3 is 2.67 bits per heavy atom. The fourth-order valence-electron chi connectivity index (χ4n) is 3.30. The highest BCUT2D eigenvalue weighted by molar-refractivity contribution is 7.26. The third kappa shape index (κ3) is 1.45. The van der Waals surface area contributed by atoms with E-state index in [9.17, 15) is 0 Å². The van der Waals surface area contributed by atoms with Crippen molar-refractivity contribution in [3.8, 4) is 0 Å². The van der Waals surface area contributed by atoms with Gasteiger partial charge >= 0.3 is 0 Å². The minimum Gasteiger partial charge on any atom is -0.354 e. The lowest BCUT2D eigenvalue weighted by Crippen LogP contribution is -1.71. The highest BCUT2D eigenvalue weighted by Crippen LogP contribution is 2.40. The molecular formula is C19H13NS. The number of rotatable bonds is 0. The Balaban J connectivity index is 2.10. The van der Waals surface area contributed by atoms with Crippen molar-refractivity contribution < 1.29 is 0 Å². The van der Waals surface area contributed by atoms with Crippen LogP contribution >= 0.6 is 11.3 Å². The number of hydrogen-bond acceptors (Lipinski definition) is 1. The minimum atomic E-state index is 1.22. The zero-order chi connectivity index (χ0) is 14.0. The van der Waals surface area contributed by atoms with Crippen LogP contribution in [0.4, 0.5) is 0 Å². The molecule has 3 aromatic carbocycles. The first-order valence-electron chi connectivity index (χ1n) is 7.13. The molecule has 2 heterocycles.